The smallest absolute Gasteiger partial charge is 0.132 e. The fourth-order valence-electron chi connectivity index (χ4n) is 4.25. The summed E-state index contributed by atoms with van der Waals surface area (Å²) in [6.45, 7) is 4.88. The van der Waals surface area contributed by atoms with Gasteiger partial charge in [0.15, 0.2) is 0 Å². The Bertz CT molecular complexity index is 1080. The lowest BCUT2D eigenvalue weighted by Crippen LogP contribution is -2.31. The summed E-state index contributed by atoms with van der Waals surface area (Å²) < 4.78 is 14.0. The summed E-state index contributed by atoms with van der Waals surface area (Å²) in [6.07, 6.45) is 8.00. The van der Waals surface area contributed by atoms with Gasteiger partial charge in [0.25, 0.3) is 0 Å². The van der Waals surface area contributed by atoms with Crippen LogP contribution in [-0.2, 0) is 0 Å². The number of hydrogen-bond acceptors (Lipinski definition) is 4. The van der Waals surface area contributed by atoms with Crippen LogP contribution in [0.3, 0.4) is 0 Å². The van der Waals surface area contributed by atoms with E-state index < -0.39 is 0 Å². The monoisotopic (exact) mass is 360 g/mol. The van der Waals surface area contributed by atoms with Crippen molar-refractivity contribution in [1.29, 1.82) is 0 Å². The van der Waals surface area contributed by atoms with Crippen molar-refractivity contribution in [2.45, 2.75) is 32.9 Å². The second-order valence-corrected chi connectivity index (χ2v) is 7.32. The average molecular weight is 360 g/mol. The van der Waals surface area contributed by atoms with Crippen LogP contribution in [0.15, 0.2) is 54.6 Å². The Balaban J connectivity index is 1.65. The van der Waals surface area contributed by atoms with Crippen molar-refractivity contribution in [3.63, 3.8) is 0 Å². The third-order valence-electron chi connectivity index (χ3n) is 5.81. The van der Waals surface area contributed by atoms with E-state index in [0.29, 0.717) is 5.56 Å². The third-order valence-corrected chi connectivity index (χ3v) is 5.81. The minimum absolute atomic E-state index is 0.0671. The minimum Gasteiger partial charge on any atom is -0.349 e. The Morgan fingerprint density at radius 3 is 2.67 bits per heavy atom. The van der Waals surface area contributed by atoms with Crippen LogP contribution in [0.1, 0.15) is 35.7 Å². The summed E-state index contributed by atoms with van der Waals surface area (Å²) >= 11 is 0. The molecule has 1 saturated heterocycles. The van der Waals surface area contributed by atoms with Gasteiger partial charge in [0.05, 0.1) is 11.0 Å². The van der Waals surface area contributed by atoms with Crippen LogP contribution < -0.4 is 4.90 Å². The molecule has 1 fully saturated rings. The van der Waals surface area contributed by atoms with Gasteiger partial charge in [-0.3, -0.25) is 9.97 Å². The Morgan fingerprint density at radius 2 is 1.81 bits per heavy atom. The molecule has 136 valence electrons. The first-order valence-electron chi connectivity index (χ1n) is 9.35. The highest BCUT2D eigenvalue weighted by Crippen LogP contribution is 2.44. The highest BCUT2D eigenvalue weighted by atomic mass is 19.1. The first kappa shape index (κ1) is 16.2. The zero-order valence-electron chi connectivity index (χ0n) is 15.5. The van der Waals surface area contributed by atoms with Gasteiger partial charge < -0.3 is 9.80 Å². The third kappa shape index (κ3) is 2.49. The van der Waals surface area contributed by atoms with Gasteiger partial charge in [-0.25, -0.2) is 4.39 Å². The Kier molecular flexibility index (Phi) is 3.64. The predicted octanol–water partition coefficient (Wildman–Crippen LogP) is 4.84. The number of anilines is 1. The standard InChI is InChI=1S/C22H21FN4/c1-14-15(2)21(8-6-18(14)23)27-13-17-4-3-11-26(17)22(27)16-5-7-19-20(12-16)25-10-9-24-19/h5-10,12-13,22H,3-4,11H2,1-2H3. The van der Waals surface area contributed by atoms with Crippen molar-refractivity contribution in [2.75, 3.05) is 11.4 Å². The second kappa shape index (κ2) is 6.05. The Hall–Kier alpha value is -2.95. The molecule has 2 aromatic carbocycles. The van der Waals surface area contributed by atoms with Crippen LogP contribution in [0.25, 0.3) is 11.0 Å². The van der Waals surface area contributed by atoms with E-state index in [4.69, 9.17) is 0 Å². The maximum absolute atomic E-state index is 14.0. The quantitative estimate of drug-likeness (QED) is 0.654. The van der Waals surface area contributed by atoms with Gasteiger partial charge in [0.2, 0.25) is 0 Å². The molecule has 0 amide bonds. The van der Waals surface area contributed by atoms with Crippen molar-refractivity contribution < 1.29 is 4.39 Å². The lowest BCUT2D eigenvalue weighted by molar-refractivity contribution is 0.319. The summed E-state index contributed by atoms with van der Waals surface area (Å²) in [7, 11) is 0. The van der Waals surface area contributed by atoms with Gasteiger partial charge in [0.1, 0.15) is 12.0 Å². The average Bonchev–Trinajstić information content (AvgIpc) is 3.27. The van der Waals surface area contributed by atoms with E-state index in [1.54, 1.807) is 18.5 Å². The molecule has 0 spiro atoms. The minimum atomic E-state index is -0.152. The molecule has 1 aromatic heterocycles. The van der Waals surface area contributed by atoms with Crippen molar-refractivity contribution in [2.24, 2.45) is 0 Å². The molecule has 0 N–H and O–H groups in total. The number of rotatable bonds is 2. The molecule has 1 unspecified atom stereocenters. The molecule has 5 rings (SSSR count). The van der Waals surface area contributed by atoms with E-state index in [2.05, 4.69) is 38.1 Å². The summed E-state index contributed by atoms with van der Waals surface area (Å²) in [6, 6.07) is 9.76. The van der Waals surface area contributed by atoms with Gasteiger partial charge in [-0.2, -0.15) is 0 Å². The maximum Gasteiger partial charge on any atom is 0.132 e. The van der Waals surface area contributed by atoms with Crippen LogP contribution in [0.4, 0.5) is 10.1 Å². The molecule has 3 aromatic rings. The van der Waals surface area contributed by atoms with Crippen LogP contribution in [0.2, 0.25) is 0 Å². The van der Waals surface area contributed by atoms with E-state index >= 15 is 0 Å². The molecule has 4 nitrogen and oxygen atoms in total. The van der Waals surface area contributed by atoms with E-state index in [1.165, 1.54) is 17.7 Å². The Labute approximate surface area is 158 Å². The molecule has 0 bridgehead atoms. The number of hydrogen-bond donors (Lipinski definition) is 0. The molecule has 2 aliphatic heterocycles. The molecule has 0 aliphatic carbocycles. The van der Waals surface area contributed by atoms with Gasteiger partial charge in [0, 0.05) is 36.5 Å². The fraction of sp³-hybridized carbons (Fsp3) is 0.273. The van der Waals surface area contributed by atoms with E-state index in [-0.39, 0.29) is 12.0 Å². The van der Waals surface area contributed by atoms with Gasteiger partial charge >= 0.3 is 0 Å². The van der Waals surface area contributed by atoms with Crippen LogP contribution in [0.5, 0.6) is 0 Å². The van der Waals surface area contributed by atoms with Crippen LogP contribution >= 0.6 is 0 Å². The maximum atomic E-state index is 14.0. The zero-order valence-corrected chi connectivity index (χ0v) is 15.5. The van der Waals surface area contributed by atoms with E-state index in [0.717, 1.165) is 35.2 Å². The first-order valence-corrected chi connectivity index (χ1v) is 9.35. The number of halogens is 1. The fourth-order valence-corrected chi connectivity index (χ4v) is 4.25. The summed E-state index contributed by atoms with van der Waals surface area (Å²) in [5.74, 6) is -0.152. The van der Waals surface area contributed by atoms with Crippen molar-refractivity contribution in [3.05, 3.63) is 77.1 Å². The predicted molar refractivity (Wildman–Crippen MR) is 105 cm³/mol. The number of aromatic nitrogens is 2. The number of benzene rings is 2. The molecule has 1 atom stereocenters. The highest BCUT2D eigenvalue weighted by molar-refractivity contribution is 5.75. The van der Waals surface area contributed by atoms with Crippen molar-refractivity contribution in [3.8, 4) is 0 Å². The number of fused-ring (bicyclic) bond motifs is 2. The van der Waals surface area contributed by atoms with Crippen molar-refractivity contribution in [1.82, 2.24) is 14.9 Å². The second-order valence-electron chi connectivity index (χ2n) is 7.32. The first-order chi connectivity index (χ1) is 13.1. The SMILES string of the molecule is Cc1c(F)ccc(N2C=C3CCCN3C2c2ccc3nccnc3c2)c1C. The van der Waals surface area contributed by atoms with Crippen LogP contribution in [0, 0.1) is 19.7 Å². The van der Waals surface area contributed by atoms with E-state index in [1.807, 2.05) is 26.0 Å². The topological polar surface area (TPSA) is 32.3 Å². The van der Waals surface area contributed by atoms with Crippen molar-refractivity contribution >= 4 is 16.7 Å². The molecule has 0 radical (unpaired) electrons. The van der Waals surface area contributed by atoms with Crippen LogP contribution in [-0.4, -0.2) is 21.4 Å². The van der Waals surface area contributed by atoms with Gasteiger partial charge in [-0.15, -0.1) is 0 Å². The molecule has 27 heavy (non-hydrogen) atoms. The molecule has 2 aliphatic rings. The van der Waals surface area contributed by atoms with Gasteiger partial charge in [-0.05, 0) is 67.6 Å². The normalized spacial score (nSPS) is 18.9. The zero-order chi connectivity index (χ0) is 18.5. The van der Waals surface area contributed by atoms with Gasteiger partial charge in [-0.1, -0.05) is 6.07 Å². The summed E-state index contributed by atoms with van der Waals surface area (Å²) in [5, 5.41) is 0. The lowest BCUT2D eigenvalue weighted by atomic mass is 10.0. The summed E-state index contributed by atoms with van der Waals surface area (Å²) in [4.78, 5) is 13.6. The molecular formula is C22H21FN4. The molecular weight excluding hydrogens is 339 g/mol. The highest BCUT2D eigenvalue weighted by Gasteiger charge is 2.37. The molecule has 5 heteroatoms. The lowest BCUT2D eigenvalue weighted by Gasteiger charge is -2.33. The molecule has 0 saturated carbocycles. The Morgan fingerprint density at radius 1 is 1.00 bits per heavy atom. The largest absolute Gasteiger partial charge is 0.349 e. The summed E-state index contributed by atoms with van der Waals surface area (Å²) in [5.41, 5.74) is 7.07. The number of allylic oxidation sites excluding steroid dienone is 1. The van der Waals surface area contributed by atoms with E-state index in [9.17, 15) is 4.39 Å². The molecule has 3 heterocycles. The number of nitrogens with zero attached hydrogens (tertiary/aromatic N) is 4.